The Morgan fingerprint density at radius 1 is 1.00 bits per heavy atom. The molecule has 0 bridgehead atoms. The molecule has 4 rings (SSSR count). The monoisotopic (exact) mass is 425 g/mol. The van der Waals surface area contributed by atoms with Crippen molar-refractivity contribution in [2.45, 2.75) is 11.4 Å². The fourth-order valence-corrected chi connectivity index (χ4v) is 3.76. The summed E-state index contributed by atoms with van der Waals surface area (Å²) in [4.78, 5) is 8.92. The molecule has 0 amide bonds. The van der Waals surface area contributed by atoms with E-state index in [9.17, 15) is 8.42 Å². The van der Waals surface area contributed by atoms with E-state index in [1.54, 1.807) is 41.2 Å². The highest BCUT2D eigenvalue weighted by atomic mass is 32.2. The second-order valence-corrected chi connectivity index (χ2v) is 7.95. The van der Waals surface area contributed by atoms with E-state index in [1.165, 1.54) is 19.2 Å². The van der Waals surface area contributed by atoms with Gasteiger partial charge in [0.1, 0.15) is 12.4 Å². The van der Waals surface area contributed by atoms with Crippen molar-refractivity contribution in [3.63, 3.8) is 0 Å². The first-order chi connectivity index (χ1) is 14.5. The molecule has 2 heterocycles. The number of hydrogen-bond donors (Lipinski definition) is 1. The van der Waals surface area contributed by atoms with Crippen molar-refractivity contribution in [1.82, 2.24) is 19.7 Å². The first-order valence-corrected chi connectivity index (χ1v) is 10.6. The van der Waals surface area contributed by atoms with Crippen molar-refractivity contribution >= 4 is 26.9 Å². The fourth-order valence-electron chi connectivity index (χ4n) is 2.76. The smallest absolute Gasteiger partial charge is 0.263 e. The molecule has 0 aliphatic carbocycles. The average Bonchev–Trinajstić information content (AvgIpc) is 3.27. The molecule has 0 fully saturated rings. The molecule has 0 aliphatic heterocycles. The van der Waals surface area contributed by atoms with Crippen LogP contribution in [0.25, 0.3) is 11.0 Å². The molecule has 30 heavy (non-hydrogen) atoms. The molecule has 154 valence electrons. The van der Waals surface area contributed by atoms with Crippen LogP contribution in [-0.2, 0) is 16.6 Å². The van der Waals surface area contributed by atoms with Gasteiger partial charge in [0.05, 0.1) is 29.6 Å². The lowest BCUT2D eigenvalue weighted by atomic mass is 10.3. The molecule has 0 saturated heterocycles. The van der Waals surface area contributed by atoms with Gasteiger partial charge in [-0.25, -0.2) is 18.4 Å². The van der Waals surface area contributed by atoms with Crippen molar-refractivity contribution in [1.29, 1.82) is 0 Å². The SMILES string of the molecule is COc1ccc(S(=O)(=O)Nc2nc3ccccc3nc2OCCn2cccn2)cc1. The lowest BCUT2D eigenvalue weighted by Crippen LogP contribution is -2.17. The minimum atomic E-state index is -3.90. The van der Waals surface area contributed by atoms with Crippen LogP contribution >= 0.6 is 0 Å². The minimum absolute atomic E-state index is 0.0185. The summed E-state index contributed by atoms with van der Waals surface area (Å²) < 4.78 is 40.7. The van der Waals surface area contributed by atoms with Gasteiger partial charge >= 0.3 is 0 Å². The summed E-state index contributed by atoms with van der Waals surface area (Å²) in [6.07, 6.45) is 3.48. The van der Waals surface area contributed by atoms with Crippen LogP contribution in [0.2, 0.25) is 0 Å². The van der Waals surface area contributed by atoms with Crippen LogP contribution in [0, 0.1) is 0 Å². The Morgan fingerprint density at radius 3 is 2.40 bits per heavy atom. The Bertz CT molecular complexity index is 1240. The third kappa shape index (κ3) is 4.33. The third-order valence-electron chi connectivity index (χ3n) is 4.26. The highest BCUT2D eigenvalue weighted by Crippen LogP contribution is 2.26. The van der Waals surface area contributed by atoms with E-state index in [0.29, 0.717) is 23.3 Å². The molecule has 4 aromatic rings. The topological polar surface area (TPSA) is 108 Å². The molecule has 0 radical (unpaired) electrons. The number of aromatic nitrogens is 4. The molecule has 9 nitrogen and oxygen atoms in total. The molecule has 0 unspecified atom stereocenters. The van der Waals surface area contributed by atoms with E-state index >= 15 is 0 Å². The van der Waals surface area contributed by atoms with Gasteiger partial charge in [-0.1, -0.05) is 12.1 Å². The molecule has 1 N–H and O–H groups in total. The Morgan fingerprint density at radius 2 is 1.73 bits per heavy atom. The second kappa shape index (κ2) is 8.37. The van der Waals surface area contributed by atoms with Gasteiger partial charge in [-0.2, -0.15) is 5.10 Å². The molecule has 0 aliphatic rings. The maximum absolute atomic E-state index is 12.9. The van der Waals surface area contributed by atoms with Crippen molar-refractivity contribution in [2.24, 2.45) is 0 Å². The van der Waals surface area contributed by atoms with Gasteiger partial charge < -0.3 is 9.47 Å². The zero-order valence-electron chi connectivity index (χ0n) is 16.1. The lowest BCUT2D eigenvalue weighted by Gasteiger charge is -2.13. The normalized spacial score (nSPS) is 11.4. The number of methoxy groups -OCH3 is 1. The molecule has 10 heteroatoms. The van der Waals surface area contributed by atoms with Gasteiger partial charge in [-0.3, -0.25) is 9.40 Å². The van der Waals surface area contributed by atoms with Gasteiger partial charge in [-0.05, 0) is 42.5 Å². The molecular formula is C20H19N5O4S. The van der Waals surface area contributed by atoms with E-state index in [4.69, 9.17) is 9.47 Å². The highest BCUT2D eigenvalue weighted by Gasteiger charge is 2.20. The first kappa shape index (κ1) is 19.6. The van der Waals surface area contributed by atoms with E-state index in [0.717, 1.165) is 0 Å². The number of sulfonamides is 1. The minimum Gasteiger partial charge on any atom is -0.497 e. The van der Waals surface area contributed by atoms with Gasteiger partial charge in [0.2, 0.25) is 5.82 Å². The summed E-state index contributed by atoms with van der Waals surface area (Å²) in [6, 6.07) is 15.0. The summed E-state index contributed by atoms with van der Waals surface area (Å²) >= 11 is 0. The average molecular weight is 425 g/mol. The quantitative estimate of drug-likeness (QED) is 0.462. The van der Waals surface area contributed by atoms with Gasteiger partial charge in [0.15, 0.2) is 0 Å². The van der Waals surface area contributed by atoms with E-state index in [1.807, 2.05) is 18.3 Å². The summed E-state index contributed by atoms with van der Waals surface area (Å²) in [6.45, 7) is 0.720. The number of ether oxygens (including phenoxy) is 2. The Labute approximate surface area is 173 Å². The van der Waals surface area contributed by atoms with Crippen LogP contribution in [0.1, 0.15) is 0 Å². The summed E-state index contributed by atoms with van der Waals surface area (Å²) in [7, 11) is -2.39. The molecule has 2 aromatic carbocycles. The fraction of sp³-hybridized carbons (Fsp3) is 0.150. The highest BCUT2D eigenvalue weighted by molar-refractivity contribution is 7.92. The summed E-state index contributed by atoms with van der Waals surface area (Å²) in [5.41, 5.74) is 1.14. The maximum atomic E-state index is 12.9. The van der Waals surface area contributed by atoms with Gasteiger partial charge in [-0.15, -0.1) is 0 Å². The van der Waals surface area contributed by atoms with Crippen molar-refractivity contribution in [3.05, 3.63) is 67.0 Å². The number of nitrogens with one attached hydrogen (secondary N) is 1. The number of anilines is 1. The molecule has 0 atom stereocenters. The van der Waals surface area contributed by atoms with Crippen molar-refractivity contribution in [2.75, 3.05) is 18.4 Å². The van der Waals surface area contributed by atoms with Gasteiger partial charge in [0.25, 0.3) is 15.9 Å². The van der Waals surface area contributed by atoms with E-state index in [2.05, 4.69) is 19.8 Å². The van der Waals surface area contributed by atoms with Crippen LogP contribution < -0.4 is 14.2 Å². The first-order valence-electron chi connectivity index (χ1n) is 9.09. The molecule has 0 saturated carbocycles. The second-order valence-electron chi connectivity index (χ2n) is 6.26. The maximum Gasteiger partial charge on any atom is 0.263 e. The Kier molecular flexibility index (Phi) is 5.48. The van der Waals surface area contributed by atoms with Crippen molar-refractivity contribution in [3.8, 4) is 11.6 Å². The standard InChI is InChI=1S/C20H19N5O4S/c1-28-15-7-9-16(10-8-15)30(26,27)24-19-20(29-14-13-25-12-4-11-21-25)23-18-6-3-2-5-17(18)22-19/h2-12H,13-14H2,1H3,(H,22,24). The van der Waals surface area contributed by atoms with E-state index < -0.39 is 10.0 Å². The van der Waals surface area contributed by atoms with Crippen LogP contribution in [0.5, 0.6) is 11.6 Å². The van der Waals surface area contributed by atoms with Crippen LogP contribution in [0.15, 0.2) is 71.9 Å². The predicted octanol–water partition coefficient (Wildman–Crippen LogP) is 2.71. The number of nitrogens with zero attached hydrogens (tertiary/aromatic N) is 4. The molecule has 2 aromatic heterocycles. The Balaban J connectivity index is 1.63. The number of para-hydroxylation sites is 2. The third-order valence-corrected chi connectivity index (χ3v) is 5.61. The van der Waals surface area contributed by atoms with Crippen molar-refractivity contribution < 1.29 is 17.9 Å². The number of rotatable bonds is 8. The summed E-state index contributed by atoms with van der Waals surface area (Å²) in [5.74, 6) is 0.671. The van der Waals surface area contributed by atoms with Crippen LogP contribution in [0.3, 0.4) is 0 Å². The van der Waals surface area contributed by atoms with Gasteiger partial charge in [0, 0.05) is 12.4 Å². The molecular weight excluding hydrogens is 406 g/mol. The largest absolute Gasteiger partial charge is 0.497 e. The zero-order valence-corrected chi connectivity index (χ0v) is 16.9. The Hall–Kier alpha value is -3.66. The van der Waals surface area contributed by atoms with Crippen LogP contribution in [-0.4, -0.2) is 41.9 Å². The molecule has 0 spiro atoms. The lowest BCUT2D eigenvalue weighted by molar-refractivity contribution is 0.282. The number of hydrogen-bond acceptors (Lipinski definition) is 7. The zero-order chi connectivity index (χ0) is 21.0. The number of fused-ring (bicyclic) bond motifs is 1. The number of benzene rings is 2. The van der Waals surface area contributed by atoms with Crippen LogP contribution in [0.4, 0.5) is 5.82 Å². The predicted molar refractivity (Wildman–Crippen MR) is 111 cm³/mol. The summed E-state index contributed by atoms with van der Waals surface area (Å²) in [5, 5.41) is 4.11. The van der Waals surface area contributed by atoms with E-state index in [-0.39, 0.29) is 23.2 Å².